The molecule has 25 heavy (non-hydrogen) atoms. The summed E-state index contributed by atoms with van der Waals surface area (Å²) < 4.78 is 12.5. The first-order valence-electron chi connectivity index (χ1n) is 7.94. The first kappa shape index (κ1) is 17.8. The van der Waals surface area contributed by atoms with Crippen LogP contribution in [0.3, 0.4) is 0 Å². The van der Waals surface area contributed by atoms with Crippen LogP contribution in [-0.4, -0.2) is 43.9 Å². The lowest BCUT2D eigenvalue weighted by molar-refractivity contribution is -0.152. The number of aryl methyl sites for hydroxylation is 1. The number of esters is 1. The van der Waals surface area contributed by atoms with E-state index in [2.05, 4.69) is 9.97 Å². The first-order valence-corrected chi connectivity index (χ1v) is 8.76. The maximum Gasteiger partial charge on any atom is 0.311 e. The summed E-state index contributed by atoms with van der Waals surface area (Å²) in [6, 6.07) is 0. The lowest BCUT2D eigenvalue weighted by Crippen LogP contribution is -2.30. The van der Waals surface area contributed by atoms with Crippen LogP contribution in [0.1, 0.15) is 38.7 Å². The quantitative estimate of drug-likeness (QED) is 0.750. The van der Waals surface area contributed by atoms with Crippen molar-refractivity contribution in [3.63, 3.8) is 0 Å². The molecule has 0 amide bonds. The van der Waals surface area contributed by atoms with Gasteiger partial charge in [-0.2, -0.15) is 0 Å². The normalized spacial score (nSPS) is 24.6. The van der Waals surface area contributed by atoms with Crippen molar-refractivity contribution in [3.05, 3.63) is 25.8 Å². The van der Waals surface area contributed by atoms with Crippen molar-refractivity contribution >= 4 is 27.7 Å². The Kier molecular flexibility index (Phi) is 4.76. The molecule has 0 spiro atoms. The zero-order valence-electron chi connectivity index (χ0n) is 14.0. The van der Waals surface area contributed by atoms with Crippen LogP contribution in [0.15, 0.2) is 9.59 Å². The molecule has 1 aliphatic heterocycles. The molecule has 9 nitrogen and oxygen atoms in total. The number of nitrogens with one attached hydrogen (secondary N) is 1. The van der Waals surface area contributed by atoms with Crippen molar-refractivity contribution in [2.24, 2.45) is 0 Å². The van der Waals surface area contributed by atoms with Crippen LogP contribution >= 0.6 is 11.3 Å². The number of nitrogens with zero attached hydrogens (tertiary/aromatic N) is 2. The average molecular weight is 369 g/mol. The van der Waals surface area contributed by atoms with Gasteiger partial charge in [-0.05, 0) is 13.3 Å². The van der Waals surface area contributed by atoms with Gasteiger partial charge >= 0.3 is 10.8 Å². The smallest absolute Gasteiger partial charge is 0.311 e. The Bertz CT molecular complexity index is 916. The maximum atomic E-state index is 12.5. The second kappa shape index (κ2) is 6.70. The summed E-state index contributed by atoms with van der Waals surface area (Å²) in [6.07, 6.45) is -2.30. The monoisotopic (exact) mass is 369 g/mol. The molecule has 136 valence electrons. The molecule has 0 unspecified atom stereocenters. The predicted molar refractivity (Wildman–Crippen MR) is 89.6 cm³/mol. The molecule has 10 heteroatoms. The van der Waals surface area contributed by atoms with E-state index in [4.69, 9.17) is 9.47 Å². The fraction of sp³-hybridized carbons (Fsp3) is 0.600. The molecule has 0 aliphatic carbocycles. The van der Waals surface area contributed by atoms with Gasteiger partial charge < -0.3 is 19.6 Å². The fourth-order valence-electron chi connectivity index (χ4n) is 2.99. The molecular formula is C15H19N3O6S. The Hall–Kier alpha value is -2.04. The number of H-pyrrole nitrogens is 1. The summed E-state index contributed by atoms with van der Waals surface area (Å²) in [7, 11) is 0. The highest BCUT2D eigenvalue weighted by Gasteiger charge is 2.43. The van der Waals surface area contributed by atoms with Crippen molar-refractivity contribution in [2.45, 2.75) is 58.2 Å². The average Bonchev–Trinajstić information content (AvgIpc) is 3.06. The first-order chi connectivity index (χ1) is 11.8. The number of carbonyl (C=O) groups excluding carboxylic acids is 1. The third-order valence-electron chi connectivity index (χ3n) is 4.11. The Morgan fingerprint density at radius 3 is 2.92 bits per heavy atom. The van der Waals surface area contributed by atoms with E-state index in [0.717, 1.165) is 11.3 Å². The number of rotatable bonds is 4. The van der Waals surface area contributed by atoms with Gasteiger partial charge in [-0.15, -0.1) is 0 Å². The van der Waals surface area contributed by atoms with Gasteiger partial charge in [0.15, 0.2) is 11.9 Å². The Morgan fingerprint density at radius 1 is 1.56 bits per heavy atom. The topological polar surface area (TPSA) is 124 Å². The maximum absolute atomic E-state index is 12.5. The summed E-state index contributed by atoms with van der Waals surface area (Å²) in [5.74, 6) is -0.156. The predicted octanol–water partition coefficient (Wildman–Crippen LogP) is 0.445. The van der Waals surface area contributed by atoms with Crippen molar-refractivity contribution in [1.82, 2.24) is 14.5 Å². The SMILES string of the molecule is CC[C@H](O)[C@@H]1C[C@@H](OC(C)=O)[C@H](n2c(=O)sc3c(=O)[nH]c(C)nc32)O1. The minimum Gasteiger partial charge on any atom is -0.458 e. The van der Waals surface area contributed by atoms with Crippen molar-refractivity contribution in [1.29, 1.82) is 0 Å². The van der Waals surface area contributed by atoms with Gasteiger partial charge in [0, 0.05) is 13.3 Å². The van der Waals surface area contributed by atoms with E-state index < -0.39 is 40.9 Å². The molecule has 1 saturated heterocycles. The number of thiazole rings is 1. The summed E-state index contributed by atoms with van der Waals surface area (Å²) in [6.45, 7) is 4.68. The molecule has 3 rings (SSSR count). The number of aliphatic hydroxyl groups excluding tert-OH is 1. The van der Waals surface area contributed by atoms with Crippen LogP contribution < -0.4 is 10.4 Å². The zero-order chi connectivity index (χ0) is 18.3. The molecule has 2 aromatic rings. The van der Waals surface area contributed by atoms with Crippen LogP contribution in [0, 0.1) is 6.92 Å². The van der Waals surface area contributed by atoms with E-state index >= 15 is 0 Å². The number of aromatic amines is 1. The molecule has 4 atom stereocenters. The fourth-order valence-corrected chi connectivity index (χ4v) is 3.83. The van der Waals surface area contributed by atoms with Gasteiger partial charge in [0.25, 0.3) is 5.56 Å². The molecule has 0 bridgehead atoms. The Labute approximate surface area is 146 Å². The highest BCUT2D eigenvalue weighted by atomic mass is 32.1. The number of aromatic nitrogens is 3. The second-order valence-electron chi connectivity index (χ2n) is 5.97. The van der Waals surface area contributed by atoms with Crippen LogP contribution in [0.25, 0.3) is 10.3 Å². The lowest BCUT2D eigenvalue weighted by atomic mass is 10.1. The van der Waals surface area contributed by atoms with Gasteiger partial charge in [-0.1, -0.05) is 18.3 Å². The van der Waals surface area contributed by atoms with Crippen LogP contribution in [0.4, 0.5) is 0 Å². The highest BCUT2D eigenvalue weighted by molar-refractivity contribution is 7.16. The number of aliphatic hydroxyl groups is 1. The molecular weight excluding hydrogens is 350 g/mol. The van der Waals surface area contributed by atoms with Crippen molar-refractivity contribution < 1.29 is 19.4 Å². The van der Waals surface area contributed by atoms with Gasteiger partial charge in [0.1, 0.15) is 16.6 Å². The van der Waals surface area contributed by atoms with Crippen molar-refractivity contribution in [2.75, 3.05) is 0 Å². The molecule has 1 aliphatic rings. The summed E-state index contributed by atoms with van der Waals surface area (Å²) in [4.78, 5) is 42.3. The molecule has 1 fully saturated rings. The summed E-state index contributed by atoms with van der Waals surface area (Å²) >= 11 is 0.755. The summed E-state index contributed by atoms with van der Waals surface area (Å²) in [5.41, 5.74) is -0.222. The van der Waals surface area contributed by atoms with E-state index in [0.29, 0.717) is 12.2 Å². The number of fused-ring (bicyclic) bond motifs is 1. The van der Waals surface area contributed by atoms with E-state index in [1.165, 1.54) is 11.5 Å². The summed E-state index contributed by atoms with van der Waals surface area (Å²) in [5, 5.41) is 10.1. The Balaban J connectivity index is 2.10. The van der Waals surface area contributed by atoms with Crippen LogP contribution in [0.5, 0.6) is 0 Å². The molecule has 0 radical (unpaired) electrons. The van der Waals surface area contributed by atoms with Crippen molar-refractivity contribution in [3.8, 4) is 0 Å². The van der Waals surface area contributed by atoms with Gasteiger partial charge in [0.2, 0.25) is 0 Å². The van der Waals surface area contributed by atoms with Crippen LogP contribution in [0.2, 0.25) is 0 Å². The van der Waals surface area contributed by atoms with Gasteiger partial charge in [0.05, 0.1) is 12.2 Å². The highest BCUT2D eigenvalue weighted by Crippen LogP contribution is 2.34. The zero-order valence-corrected chi connectivity index (χ0v) is 14.8. The molecule has 2 N–H and O–H groups in total. The number of carbonyl (C=O) groups is 1. The number of ether oxygens (including phenoxy) is 2. The minimum atomic E-state index is -0.940. The van der Waals surface area contributed by atoms with Crippen LogP contribution in [-0.2, 0) is 14.3 Å². The number of hydrogen-bond donors (Lipinski definition) is 2. The molecule has 0 aromatic carbocycles. The van der Waals surface area contributed by atoms with E-state index in [-0.39, 0.29) is 16.8 Å². The molecule has 3 heterocycles. The second-order valence-corrected chi connectivity index (χ2v) is 6.93. The minimum absolute atomic E-state index is 0.181. The standard InChI is InChI=1S/C15H19N3O6S/c1-4-8(20)9-5-10(23-7(3)19)14(24-9)18-12-11(25-15(18)22)13(21)17-6(2)16-12/h8-10,14,20H,4-5H2,1-3H3,(H,16,17,21)/t8-,9-,10+,14+/m0/s1. The Morgan fingerprint density at radius 2 is 2.28 bits per heavy atom. The molecule has 0 saturated carbocycles. The molecule has 2 aromatic heterocycles. The number of hydrogen-bond acceptors (Lipinski definition) is 8. The lowest BCUT2D eigenvalue weighted by Gasteiger charge is -2.20. The van der Waals surface area contributed by atoms with E-state index in [1.807, 2.05) is 0 Å². The van der Waals surface area contributed by atoms with E-state index in [1.54, 1.807) is 13.8 Å². The van der Waals surface area contributed by atoms with E-state index in [9.17, 15) is 19.5 Å². The third kappa shape index (κ3) is 3.24. The van der Waals surface area contributed by atoms with Gasteiger partial charge in [-0.3, -0.25) is 19.0 Å². The van der Waals surface area contributed by atoms with Gasteiger partial charge in [-0.25, -0.2) is 4.98 Å². The largest absolute Gasteiger partial charge is 0.458 e. The third-order valence-corrected chi connectivity index (χ3v) is 5.05.